The number of ether oxygens (including phenoxy) is 1. The molecule has 0 aromatic heterocycles. The molecule has 0 aliphatic carbocycles. The van der Waals surface area contributed by atoms with Gasteiger partial charge in [-0.2, -0.15) is 0 Å². The van der Waals surface area contributed by atoms with Crippen LogP contribution in [-0.2, 0) is 16.0 Å². The number of piperidine rings is 1. The Balaban J connectivity index is 1.47. The van der Waals surface area contributed by atoms with E-state index in [2.05, 4.69) is 0 Å². The summed E-state index contributed by atoms with van der Waals surface area (Å²) < 4.78 is 18.3. The fourth-order valence-corrected chi connectivity index (χ4v) is 3.80. The third-order valence-corrected chi connectivity index (χ3v) is 5.42. The Morgan fingerprint density at radius 1 is 1.17 bits per heavy atom. The summed E-state index contributed by atoms with van der Waals surface area (Å²) in [6.07, 6.45) is 4.70. The highest BCUT2D eigenvalue weighted by Gasteiger charge is 2.31. The first kappa shape index (κ1) is 17.4. The van der Waals surface area contributed by atoms with Crippen LogP contribution in [0.1, 0.15) is 31.2 Å². The van der Waals surface area contributed by atoms with Crippen LogP contribution in [-0.4, -0.2) is 43.2 Å². The number of halogens is 1. The van der Waals surface area contributed by atoms with E-state index in [1.165, 1.54) is 17.7 Å². The molecule has 2 aliphatic rings. The molecule has 24 heavy (non-hydrogen) atoms. The van der Waals surface area contributed by atoms with Gasteiger partial charge in [-0.1, -0.05) is 12.1 Å². The SMILES string of the molecule is NC(C(=O)N1CCC(Cc2ccc(F)cc2)CC1)C1CCOCC1. The van der Waals surface area contributed by atoms with Gasteiger partial charge < -0.3 is 15.4 Å². The van der Waals surface area contributed by atoms with Crippen molar-refractivity contribution >= 4 is 5.91 Å². The molecule has 1 aromatic carbocycles. The van der Waals surface area contributed by atoms with Crippen molar-refractivity contribution in [2.45, 2.75) is 38.1 Å². The van der Waals surface area contributed by atoms with Gasteiger partial charge >= 0.3 is 0 Å². The number of likely N-dealkylation sites (tertiary alicyclic amines) is 1. The number of nitrogens with zero attached hydrogens (tertiary/aromatic N) is 1. The van der Waals surface area contributed by atoms with Gasteiger partial charge in [0.05, 0.1) is 6.04 Å². The summed E-state index contributed by atoms with van der Waals surface area (Å²) in [6.45, 7) is 2.99. The zero-order valence-corrected chi connectivity index (χ0v) is 14.1. The normalized spacial score (nSPS) is 21.7. The molecule has 2 saturated heterocycles. The molecule has 1 amide bonds. The Labute approximate surface area is 143 Å². The minimum Gasteiger partial charge on any atom is -0.381 e. The Hall–Kier alpha value is -1.46. The summed E-state index contributed by atoms with van der Waals surface area (Å²) in [6, 6.07) is 6.35. The summed E-state index contributed by atoms with van der Waals surface area (Å²) in [7, 11) is 0. The molecule has 0 spiro atoms. The highest BCUT2D eigenvalue weighted by Crippen LogP contribution is 2.24. The number of nitrogens with two attached hydrogens (primary N) is 1. The third kappa shape index (κ3) is 4.33. The van der Waals surface area contributed by atoms with Gasteiger partial charge in [0.25, 0.3) is 0 Å². The first-order chi connectivity index (χ1) is 11.6. The maximum atomic E-state index is 13.0. The molecule has 2 heterocycles. The van der Waals surface area contributed by atoms with Gasteiger partial charge in [-0.15, -0.1) is 0 Å². The third-order valence-electron chi connectivity index (χ3n) is 5.42. The van der Waals surface area contributed by atoms with Gasteiger partial charge in [-0.05, 0) is 61.6 Å². The van der Waals surface area contributed by atoms with Crippen molar-refractivity contribution in [2.75, 3.05) is 26.3 Å². The lowest BCUT2D eigenvalue weighted by Crippen LogP contribution is -2.51. The molecule has 4 nitrogen and oxygen atoms in total. The zero-order chi connectivity index (χ0) is 16.9. The van der Waals surface area contributed by atoms with E-state index in [4.69, 9.17) is 10.5 Å². The second kappa shape index (κ2) is 8.08. The molecule has 0 radical (unpaired) electrons. The van der Waals surface area contributed by atoms with E-state index in [-0.39, 0.29) is 23.7 Å². The average molecular weight is 334 g/mol. The minimum atomic E-state index is -0.387. The molecule has 2 N–H and O–H groups in total. The van der Waals surface area contributed by atoms with Crippen molar-refractivity contribution in [3.8, 4) is 0 Å². The molecule has 1 aromatic rings. The largest absolute Gasteiger partial charge is 0.381 e. The number of amides is 1. The van der Waals surface area contributed by atoms with E-state index in [0.717, 1.165) is 45.2 Å². The van der Waals surface area contributed by atoms with Crippen LogP contribution >= 0.6 is 0 Å². The van der Waals surface area contributed by atoms with Crippen LogP contribution in [0.4, 0.5) is 4.39 Å². The van der Waals surface area contributed by atoms with Gasteiger partial charge in [-0.3, -0.25) is 4.79 Å². The van der Waals surface area contributed by atoms with E-state index in [0.29, 0.717) is 19.1 Å². The highest BCUT2D eigenvalue weighted by molar-refractivity contribution is 5.82. The number of carbonyl (C=O) groups excluding carboxylic acids is 1. The van der Waals surface area contributed by atoms with Gasteiger partial charge in [0.2, 0.25) is 5.91 Å². The lowest BCUT2D eigenvalue weighted by atomic mass is 9.88. The summed E-state index contributed by atoms with van der Waals surface area (Å²) in [5, 5.41) is 0. The first-order valence-electron chi connectivity index (χ1n) is 9.00. The first-order valence-corrected chi connectivity index (χ1v) is 9.00. The van der Waals surface area contributed by atoms with E-state index in [1.807, 2.05) is 17.0 Å². The van der Waals surface area contributed by atoms with Crippen LogP contribution in [0.25, 0.3) is 0 Å². The topological polar surface area (TPSA) is 55.6 Å². The van der Waals surface area contributed by atoms with Crippen molar-refractivity contribution in [2.24, 2.45) is 17.6 Å². The van der Waals surface area contributed by atoms with E-state index < -0.39 is 0 Å². The molecule has 1 atom stereocenters. The van der Waals surface area contributed by atoms with Crippen LogP contribution in [0.3, 0.4) is 0 Å². The molecule has 5 heteroatoms. The van der Waals surface area contributed by atoms with Crippen LogP contribution in [0.15, 0.2) is 24.3 Å². The highest BCUT2D eigenvalue weighted by atomic mass is 19.1. The lowest BCUT2D eigenvalue weighted by Gasteiger charge is -2.36. The van der Waals surface area contributed by atoms with E-state index in [1.54, 1.807) is 0 Å². The average Bonchev–Trinajstić information content (AvgIpc) is 2.64. The van der Waals surface area contributed by atoms with Crippen LogP contribution in [0.2, 0.25) is 0 Å². The van der Waals surface area contributed by atoms with Gasteiger partial charge in [0.1, 0.15) is 5.82 Å². The lowest BCUT2D eigenvalue weighted by molar-refractivity contribution is -0.136. The summed E-state index contributed by atoms with van der Waals surface area (Å²) in [5.41, 5.74) is 7.38. The second-order valence-corrected chi connectivity index (χ2v) is 7.07. The standard InChI is InChI=1S/C19H27FN2O2/c20-17-3-1-14(2-4-17)13-15-5-9-22(10-6-15)19(23)18(21)16-7-11-24-12-8-16/h1-4,15-16,18H,5-13,21H2. The summed E-state index contributed by atoms with van der Waals surface area (Å²) >= 11 is 0. The summed E-state index contributed by atoms with van der Waals surface area (Å²) in [4.78, 5) is 14.6. The monoisotopic (exact) mass is 334 g/mol. The Morgan fingerprint density at radius 3 is 2.42 bits per heavy atom. The maximum absolute atomic E-state index is 13.0. The zero-order valence-electron chi connectivity index (χ0n) is 14.1. The smallest absolute Gasteiger partial charge is 0.239 e. The fourth-order valence-electron chi connectivity index (χ4n) is 3.80. The Kier molecular flexibility index (Phi) is 5.85. The molecule has 3 rings (SSSR count). The Bertz CT molecular complexity index is 535. The van der Waals surface area contributed by atoms with E-state index in [9.17, 15) is 9.18 Å². The van der Waals surface area contributed by atoms with Crippen molar-refractivity contribution in [3.63, 3.8) is 0 Å². The van der Waals surface area contributed by atoms with Crippen molar-refractivity contribution in [1.82, 2.24) is 4.90 Å². The van der Waals surface area contributed by atoms with Gasteiger partial charge in [0.15, 0.2) is 0 Å². The van der Waals surface area contributed by atoms with Crippen molar-refractivity contribution < 1.29 is 13.9 Å². The van der Waals surface area contributed by atoms with Crippen LogP contribution in [0.5, 0.6) is 0 Å². The molecule has 0 saturated carbocycles. The molecule has 2 aliphatic heterocycles. The minimum absolute atomic E-state index is 0.0992. The molecular formula is C19H27FN2O2. The number of carbonyl (C=O) groups is 1. The second-order valence-electron chi connectivity index (χ2n) is 7.07. The molecule has 1 unspecified atom stereocenters. The Morgan fingerprint density at radius 2 is 1.79 bits per heavy atom. The van der Waals surface area contributed by atoms with E-state index >= 15 is 0 Å². The number of rotatable bonds is 4. The number of hydrogen-bond donors (Lipinski definition) is 1. The van der Waals surface area contributed by atoms with Crippen LogP contribution < -0.4 is 5.73 Å². The maximum Gasteiger partial charge on any atom is 0.239 e. The predicted octanol–water partition coefficient (Wildman–Crippen LogP) is 2.36. The number of benzene rings is 1. The van der Waals surface area contributed by atoms with Gasteiger partial charge in [-0.25, -0.2) is 4.39 Å². The summed E-state index contributed by atoms with van der Waals surface area (Å²) in [5.74, 6) is 0.713. The molecule has 2 fully saturated rings. The fraction of sp³-hybridized carbons (Fsp3) is 0.632. The quantitative estimate of drug-likeness (QED) is 0.920. The van der Waals surface area contributed by atoms with Crippen LogP contribution in [0, 0.1) is 17.7 Å². The predicted molar refractivity (Wildman–Crippen MR) is 90.9 cm³/mol. The number of hydrogen-bond acceptors (Lipinski definition) is 3. The van der Waals surface area contributed by atoms with Crippen molar-refractivity contribution in [1.29, 1.82) is 0 Å². The molecule has 0 bridgehead atoms. The molecule has 132 valence electrons. The van der Waals surface area contributed by atoms with Crippen molar-refractivity contribution in [3.05, 3.63) is 35.6 Å². The van der Waals surface area contributed by atoms with Gasteiger partial charge in [0, 0.05) is 26.3 Å². The molecular weight excluding hydrogens is 307 g/mol.